The number of ether oxygens (including phenoxy) is 1. The Morgan fingerprint density at radius 1 is 1.21 bits per heavy atom. The molecule has 0 radical (unpaired) electrons. The van der Waals surface area contributed by atoms with Crippen molar-refractivity contribution in [2.24, 2.45) is 0 Å². The van der Waals surface area contributed by atoms with Gasteiger partial charge in [-0.25, -0.2) is 8.42 Å². The van der Waals surface area contributed by atoms with Gasteiger partial charge in [0, 0.05) is 17.9 Å². The molecule has 2 aromatic carbocycles. The minimum absolute atomic E-state index is 0.0401. The lowest BCUT2D eigenvalue weighted by atomic mass is 10.1. The van der Waals surface area contributed by atoms with Crippen LogP contribution in [-0.4, -0.2) is 28.0 Å². The van der Waals surface area contributed by atoms with Crippen LogP contribution >= 0.6 is 22.9 Å². The summed E-state index contributed by atoms with van der Waals surface area (Å²) in [6.45, 7) is 0.566. The molecule has 4 rings (SSSR count). The van der Waals surface area contributed by atoms with Crippen LogP contribution in [0.2, 0.25) is 5.02 Å². The number of fused-ring (bicyclic) bond motifs is 1. The number of benzene rings is 2. The molecule has 1 aliphatic rings. The molecule has 1 aliphatic heterocycles. The molecular weight excluding hydrogens is 432 g/mol. The topological polar surface area (TPSA) is 75.7 Å². The third-order valence-corrected chi connectivity index (χ3v) is 7.17. The fourth-order valence-electron chi connectivity index (χ4n) is 3.24. The summed E-state index contributed by atoms with van der Waals surface area (Å²) in [5, 5.41) is 2.08. The fourth-order valence-corrected chi connectivity index (χ4v) is 5.31. The highest BCUT2D eigenvalue weighted by Gasteiger charge is 2.27. The maximum Gasteiger partial charge on any atom is 0.268 e. The zero-order valence-corrected chi connectivity index (χ0v) is 17.8. The molecule has 150 valence electrons. The van der Waals surface area contributed by atoms with Crippen LogP contribution in [0.15, 0.2) is 58.8 Å². The van der Waals surface area contributed by atoms with E-state index >= 15 is 0 Å². The molecule has 1 N–H and O–H groups in total. The average molecular weight is 449 g/mol. The Bertz CT molecular complexity index is 1180. The van der Waals surface area contributed by atoms with E-state index < -0.39 is 10.0 Å². The van der Waals surface area contributed by atoms with E-state index in [0.29, 0.717) is 29.3 Å². The van der Waals surface area contributed by atoms with Crippen molar-refractivity contribution in [2.75, 3.05) is 23.3 Å². The number of carbonyl (C=O) groups excluding carboxylic acids is 1. The lowest BCUT2D eigenvalue weighted by Gasteiger charge is -2.17. The summed E-state index contributed by atoms with van der Waals surface area (Å²) in [5.74, 6) is 0.360. The summed E-state index contributed by atoms with van der Waals surface area (Å²) in [7, 11) is -2.35. The Kier molecular flexibility index (Phi) is 5.24. The Morgan fingerprint density at radius 3 is 2.72 bits per heavy atom. The Balaban J connectivity index is 1.57. The minimum Gasteiger partial charge on any atom is -0.495 e. The summed E-state index contributed by atoms with van der Waals surface area (Å²) in [6, 6.07) is 13.1. The van der Waals surface area contributed by atoms with E-state index in [2.05, 4.69) is 4.72 Å². The molecule has 0 fully saturated rings. The molecule has 0 atom stereocenters. The number of nitrogens with one attached hydrogen (secondary N) is 1. The molecule has 3 aromatic rings. The quantitative estimate of drug-likeness (QED) is 0.627. The van der Waals surface area contributed by atoms with Crippen LogP contribution in [-0.2, 0) is 16.4 Å². The number of nitrogens with zero attached hydrogens (tertiary/aromatic N) is 1. The first-order chi connectivity index (χ1) is 13.9. The lowest BCUT2D eigenvalue weighted by molar-refractivity contribution is 0.0993. The first kappa shape index (κ1) is 19.8. The smallest absolute Gasteiger partial charge is 0.268 e. The third kappa shape index (κ3) is 3.83. The monoisotopic (exact) mass is 448 g/mol. The van der Waals surface area contributed by atoms with Gasteiger partial charge in [0.1, 0.15) is 5.75 Å². The largest absolute Gasteiger partial charge is 0.495 e. The second-order valence-corrected chi connectivity index (χ2v) is 9.47. The van der Waals surface area contributed by atoms with E-state index in [9.17, 15) is 13.2 Å². The van der Waals surface area contributed by atoms with Crippen LogP contribution in [0.4, 0.5) is 11.4 Å². The van der Waals surface area contributed by atoms with Crippen molar-refractivity contribution < 1.29 is 17.9 Å². The van der Waals surface area contributed by atoms with Crippen molar-refractivity contribution in [3.63, 3.8) is 0 Å². The van der Waals surface area contributed by atoms with Gasteiger partial charge in [0.25, 0.3) is 15.9 Å². The van der Waals surface area contributed by atoms with E-state index in [1.54, 1.807) is 29.2 Å². The number of hydrogen-bond donors (Lipinski definition) is 1. The van der Waals surface area contributed by atoms with Crippen molar-refractivity contribution >= 4 is 50.2 Å². The zero-order chi connectivity index (χ0) is 20.6. The average Bonchev–Trinajstić information content (AvgIpc) is 3.37. The maximum atomic E-state index is 12.7. The maximum absolute atomic E-state index is 12.7. The summed E-state index contributed by atoms with van der Waals surface area (Å²) in [5.41, 5.74) is 2.16. The molecule has 0 aliphatic carbocycles. The molecule has 9 heteroatoms. The van der Waals surface area contributed by atoms with E-state index in [0.717, 1.165) is 11.3 Å². The van der Waals surface area contributed by atoms with E-state index in [4.69, 9.17) is 16.3 Å². The van der Waals surface area contributed by atoms with Gasteiger partial charge in [0.2, 0.25) is 0 Å². The van der Waals surface area contributed by atoms with Crippen LogP contribution in [0.3, 0.4) is 0 Å². The first-order valence-corrected chi connectivity index (χ1v) is 11.5. The van der Waals surface area contributed by atoms with E-state index in [-0.39, 0.29) is 15.8 Å². The molecule has 0 bridgehead atoms. The summed E-state index contributed by atoms with van der Waals surface area (Å²) in [6.07, 6.45) is 0.663. The molecule has 2 heterocycles. The summed E-state index contributed by atoms with van der Waals surface area (Å²) < 4.78 is 33.0. The molecule has 0 unspecified atom stereocenters. The van der Waals surface area contributed by atoms with Gasteiger partial charge in [-0.3, -0.25) is 9.52 Å². The van der Waals surface area contributed by atoms with Gasteiger partial charge < -0.3 is 9.64 Å². The predicted octanol–water partition coefficient (Wildman–Crippen LogP) is 4.41. The standard InChI is InChI=1S/C20H17ClN2O4S2/c1-27-18-7-5-15(12-16(18)21)29(25,26)22-14-4-6-17-13(11-14)8-9-23(17)20(24)19-3-2-10-28-19/h2-7,10-12,22H,8-9H2,1H3. The second kappa shape index (κ2) is 7.70. The number of methoxy groups -OCH3 is 1. The number of rotatable bonds is 5. The highest BCUT2D eigenvalue weighted by atomic mass is 35.5. The van der Waals surface area contributed by atoms with Gasteiger partial charge in [0.05, 0.1) is 21.9 Å². The van der Waals surface area contributed by atoms with Gasteiger partial charge in [0.15, 0.2) is 0 Å². The van der Waals surface area contributed by atoms with Gasteiger partial charge in [-0.05, 0) is 59.8 Å². The number of hydrogen-bond acceptors (Lipinski definition) is 5. The van der Waals surface area contributed by atoms with Crippen LogP contribution in [0, 0.1) is 0 Å². The zero-order valence-electron chi connectivity index (χ0n) is 15.4. The fraction of sp³-hybridized carbons (Fsp3) is 0.150. The summed E-state index contributed by atoms with van der Waals surface area (Å²) >= 11 is 7.45. The van der Waals surface area contributed by atoms with Gasteiger partial charge in [-0.1, -0.05) is 17.7 Å². The van der Waals surface area contributed by atoms with Crippen LogP contribution in [0.1, 0.15) is 15.2 Å². The minimum atomic E-state index is -3.81. The number of sulfonamides is 1. The Morgan fingerprint density at radius 2 is 2.03 bits per heavy atom. The number of amides is 1. The van der Waals surface area contributed by atoms with Gasteiger partial charge >= 0.3 is 0 Å². The van der Waals surface area contributed by atoms with Crippen LogP contribution in [0.5, 0.6) is 5.75 Å². The van der Waals surface area contributed by atoms with Gasteiger partial charge in [-0.15, -0.1) is 11.3 Å². The number of anilines is 2. The van der Waals surface area contributed by atoms with Gasteiger partial charge in [-0.2, -0.15) is 0 Å². The second-order valence-electron chi connectivity index (χ2n) is 6.43. The van der Waals surface area contributed by atoms with Crippen molar-refractivity contribution in [3.8, 4) is 5.75 Å². The number of thiophene rings is 1. The van der Waals surface area contributed by atoms with Crippen LogP contribution in [0.25, 0.3) is 0 Å². The van der Waals surface area contributed by atoms with Crippen molar-refractivity contribution in [2.45, 2.75) is 11.3 Å². The van der Waals surface area contributed by atoms with Crippen molar-refractivity contribution in [3.05, 3.63) is 69.4 Å². The molecule has 1 amide bonds. The Hall–Kier alpha value is -2.55. The highest BCUT2D eigenvalue weighted by Crippen LogP contribution is 2.33. The third-order valence-electron chi connectivity index (χ3n) is 4.64. The lowest BCUT2D eigenvalue weighted by Crippen LogP contribution is -2.28. The molecule has 0 spiro atoms. The van der Waals surface area contributed by atoms with E-state index in [1.807, 2.05) is 11.4 Å². The normalized spacial score (nSPS) is 13.2. The van der Waals surface area contributed by atoms with E-state index in [1.165, 1.54) is 36.6 Å². The first-order valence-electron chi connectivity index (χ1n) is 8.74. The molecule has 6 nitrogen and oxygen atoms in total. The predicted molar refractivity (Wildman–Crippen MR) is 115 cm³/mol. The highest BCUT2D eigenvalue weighted by molar-refractivity contribution is 7.92. The van der Waals surface area contributed by atoms with Crippen molar-refractivity contribution in [1.82, 2.24) is 0 Å². The SMILES string of the molecule is COc1ccc(S(=O)(=O)Nc2ccc3c(c2)CCN3C(=O)c2cccs2)cc1Cl. The molecular formula is C20H17ClN2O4S2. The molecule has 0 saturated heterocycles. The van der Waals surface area contributed by atoms with Crippen molar-refractivity contribution in [1.29, 1.82) is 0 Å². The summed E-state index contributed by atoms with van der Waals surface area (Å²) in [4.78, 5) is 15.1. The Labute approximate surface area is 177 Å². The number of halogens is 1. The molecule has 29 heavy (non-hydrogen) atoms. The molecule has 0 saturated carbocycles. The van der Waals surface area contributed by atoms with Crippen LogP contribution < -0.4 is 14.4 Å². The molecule has 1 aromatic heterocycles. The number of carbonyl (C=O) groups is 1.